The van der Waals surface area contributed by atoms with Crippen molar-refractivity contribution >= 4 is 34.8 Å². The van der Waals surface area contributed by atoms with Crippen LogP contribution in [0.15, 0.2) is 59.0 Å². The average molecular weight is 392 g/mol. The SMILES string of the molecule is O=C(COc1ccccc1Cl)Nc1cc(-c2ccc(CO)o2)ccc1Cl. The Morgan fingerprint density at radius 3 is 2.62 bits per heavy atom. The molecule has 0 unspecified atom stereocenters. The Balaban J connectivity index is 1.69. The highest BCUT2D eigenvalue weighted by atomic mass is 35.5. The molecule has 0 atom stereocenters. The Morgan fingerprint density at radius 2 is 1.88 bits per heavy atom. The highest BCUT2D eigenvalue weighted by molar-refractivity contribution is 6.34. The van der Waals surface area contributed by atoms with E-state index in [9.17, 15) is 4.79 Å². The van der Waals surface area contributed by atoms with Gasteiger partial charge in [-0.1, -0.05) is 35.3 Å². The highest BCUT2D eigenvalue weighted by Crippen LogP contribution is 2.30. The molecule has 1 amide bonds. The van der Waals surface area contributed by atoms with Gasteiger partial charge in [-0.25, -0.2) is 0 Å². The summed E-state index contributed by atoms with van der Waals surface area (Å²) in [6, 6.07) is 15.4. The third-order valence-corrected chi connectivity index (χ3v) is 4.18. The van der Waals surface area contributed by atoms with E-state index in [4.69, 9.17) is 37.5 Å². The average Bonchev–Trinajstić information content (AvgIpc) is 3.12. The van der Waals surface area contributed by atoms with Crippen LogP contribution < -0.4 is 10.1 Å². The van der Waals surface area contributed by atoms with Gasteiger partial charge < -0.3 is 19.6 Å². The van der Waals surface area contributed by atoms with Gasteiger partial charge in [0, 0.05) is 5.56 Å². The lowest BCUT2D eigenvalue weighted by molar-refractivity contribution is -0.118. The van der Waals surface area contributed by atoms with Crippen LogP contribution in [-0.4, -0.2) is 17.6 Å². The van der Waals surface area contributed by atoms with Crippen molar-refractivity contribution in [1.82, 2.24) is 0 Å². The molecule has 0 aliphatic carbocycles. The standard InChI is InChI=1S/C19H15Cl2NO4/c20-14-7-5-12(17-8-6-13(10-23)26-17)9-16(14)22-19(24)11-25-18-4-2-1-3-15(18)21/h1-9,23H,10-11H2,(H,22,24). The Bertz CT molecular complexity index is 923. The molecule has 1 aromatic heterocycles. The van der Waals surface area contributed by atoms with Gasteiger partial charge in [0.2, 0.25) is 0 Å². The van der Waals surface area contributed by atoms with Crippen LogP contribution in [0.3, 0.4) is 0 Å². The molecule has 7 heteroatoms. The minimum atomic E-state index is -0.375. The van der Waals surface area contributed by atoms with E-state index < -0.39 is 0 Å². The summed E-state index contributed by atoms with van der Waals surface area (Å²) in [6.07, 6.45) is 0. The quantitative estimate of drug-likeness (QED) is 0.634. The topological polar surface area (TPSA) is 71.7 Å². The molecule has 0 radical (unpaired) electrons. The summed E-state index contributed by atoms with van der Waals surface area (Å²) in [5, 5.41) is 12.6. The molecule has 0 aliphatic heterocycles. The maximum Gasteiger partial charge on any atom is 0.262 e. The number of benzene rings is 2. The molecule has 0 saturated heterocycles. The zero-order chi connectivity index (χ0) is 18.5. The van der Waals surface area contributed by atoms with Crippen molar-refractivity contribution < 1.29 is 19.1 Å². The first-order valence-electron chi connectivity index (χ1n) is 7.73. The fourth-order valence-corrected chi connectivity index (χ4v) is 2.64. The predicted octanol–water partition coefficient (Wildman–Crippen LogP) is 4.76. The molecule has 0 bridgehead atoms. The smallest absolute Gasteiger partial charge is 0.262 e. The second kappa shape index (κ2) is 8.27. The molecule has 2 N–H and O–H groups in total. The van der Waals surface area contributed by atoms with E-state index in [0.717, 1.165) is 5.56 Å². The van der Waals surface area contributed by atoms with Gasteiger partial charge in [-0.05, 0) is 42.5 Å². The fourth-order valence-electron chi connectivity index (χ4n) is 2.28. The number of aliphatic hydroxyl groups excluding tert-OH is 1. The van der Waals surface area contributed by atoms with Crippen molar-refractivity contribution in [2.75, 3.05) is 11.9 Å². The van der Waals surface area contributed by atoms with Crippen molar-refractivity contribution in [2.45, 2.75) is 6.61 Å². The van der Waals surface area contributed by atoms with Crippen molar-refractivity contribution in [2.24, 2.45) is 0 Å². The lowest BCUT2D eigenvalue weighted by Crippen LogP contribution is -2.20. The molecule has 3 aromatic rings. The largest absolute Gasteiger partial charge is 0.482 e. The molecule has 26 heavy (non-hydrogen) atoms. The molecule has 0 fully saturated rings. The van der Waals surface area contributed by atoms with E-state index >= 15 is 0 Å². The molecular formula is C19H15Cl2NO4. The summed E-state index contributed by atoms with van der Waals surface area (Å²) >= 11 is 12.1. The van der Waals surface area contributed by atoms with Crippen LogP contribution in [0.4, 0.5) is 5.69 Å². The summed E-state index contributed by atoms with van der Waals surface area (Å²) in [5.74, 6) is 1.07. The molecule has 3 rings (SSSR count). The van der Waals surface area contributed by atoms with Gasteiger partial charge in [0.25, 0.3) is 5.91 Å². The van der Waals surface area contributed by atoms with Gasteiger partial charge in [0.05, 0.1) is 15.7 Å². The van der Waals surface area contributed by atoms with Gasteiger partial charge >= 0.3 is 0 Å². The third kappa shape index (κ3) is 4.38. The molecule has 2 aromatic carbocycles. The van der Waals surface area contributed by atoms with E-state index in [2.05, 4.69) is 5.32 Å². The van der Waals surface area contributed by atoms with Crippen LogP contribution in [0.5, 0.6) is 5.75 Å². The Hall–Kier alpha value is -2.47. The number of amides is 1. The number of carbonyl (C=O) groups excluding carboxylic acids is 1. The summed E-state index contributed by atoms with van der Waals surface area (Å²) in [4.78, 5) is 12.2. The monoisotopic (exact) mass is 391 g/mol. The maximum absolute atomic E-state index is 12.2. The molecule has 1 heterocycles. The normalized spacial score (nSPS) is 10.6. The van der Waals surface area contributed by atoms with Crippen molar-refractivity contribution in [3.63, 3.8) is 0 Å². The number of ether oxygens (including phenoxy) is 1. The minimum Gasteiger partial charge on any atom is -0.482 e. The van der Waals surface area contributed by atoms with Crippen molar-refractivity contribution in [3.8, 4) is 17.1 Å². The third-order valence-electron chi connectivity index (χ3n) is 3.54. The van der Waals surface area contributed by atoms with Crippen LogP contribution >= 0.6 is 23.2 Å². The number of carbonyl (C=O) groups is 1. The van der Waals surface area contributed by atoms with Crippen molar-refractivity contribution in [3.05, 3.63) is 70.4 Å². The van der Waals surface area contributed by atoms with Crippen LogP contribution in [0.2, 0.25) is 10.0 Å². The van der Waals surface area contributed by atoms with Crippen molar-refractivity contribution in [1.29, 1.82) is 0 Å². The number of aliphatic hydroxyl groups is 1. The van der Waals surface area contributed by atoms with Gasteiger partial charge in [0.1, 0.15) is 23.9 Å². The first-order valence-corrected chi connectivity index (χ1v) is 8.49. The van der Waals surface area contributed by atoms with Crippen LogP contribution in [0.1, 0.15) is 5.76 Å². The number of rotatable bonds is 6. The molecule has 0 aliphatic rings. The maximum atomic E-state index is 12.2. The fraction of sp³-hybridized carbons (Fsp3) is 0.105. The van der Waals surface area contributed by atoms with Gasteiger partial charge in [-0.2, -0.15) is 0 Å². The van der Waals surface area contributed by atoms with Gasteiger partial charge in [-0.3, -0.25) is 4.79 Å². The first kappa shape index (κ1) is 18.3. The summed E-state index contributed by atoms with van der Waals surface area (Å²) in [6.45, 7) is -0.393. The molecular weight excluding hydrogens is 377 g/mol. The summed E-state index contributed by atoms with van der Waals surface area (Å²) < 4.78 is 10.9. The second-order valence-electron chi connectivity index (χ2n) is 5.39. The van der Waals surface area contributed by atoms with Crippen LogP contribution in [0, 0.1) is 0 Å². The van der Waals surface area contributed by atoms with E-state index in [1.165, 1.54) is 0 Å². The van der Waals surface area contributed by atoms with Gasteiger partial charge in [-0.15, -0.1) is 0 Å². The Morgan fingerprint density at radius 1 is 1.08 bits per heavy atom. The van der Waals surface area contributed by atoms with E-state index in [1.54, 1.807) is 54.6 Å². The molecule has 134 valence electrons. The summed E-state index contributed by atoms with van der Waals surface area (Å²) in [7, 11) is 0. The number of nitrogens with one attached hydrogen (secondary N) is 1. The van der Waals surface area contributed by atoms with Gasteiger partial charge in [0.15, 0.2) is 6.61 Å². The summed E-state index contributed by atoms with van der Waals surface area (Å²) in [5.41, 5.74) is 1.15. The zero-order valence-corrected chi connectivity index (χ0v) is 15.1. The number of hydrogen-bond acceptors (Lipinski definition) is 4. The number of furan rings is 1. The minimum absolute atomic E-state index is 0.184. The number of anilines is 1. The number of hydrogen-bond donors (Lipinski definition) is 2. The number of para-hydroxylation sites is 1. The molecule has 0 spiro atoms. The first-order chi connectivity index (χ1) is 12.6. The van der Waals surface area contributed by atoms with E-state index in [0.29, 0.717) is 33.0 Å². The molecule has 0 saturated carbocycles. The number of halogens is 2. The lowest BCUT2D eigenvalue weighted by atomic mass is 10.1. The van der Waals surface area contributed by atoms with Crippen LogP contribution in [-0.2, 0) is 11.4 Å². The predicted molar refractivity (Wildman–Crippen MR) is 101 cm³/mol. The van der Waals surface area contributed by atoms with Crippen LogP contribution in [0.25, 0.3) is 11.3 Å². The van der Waals surface area contributed by atoms with E-state index in [-0.39, 0.29) is 19.1 Å². The Kier molecular flexibility index (Phi) is 5.83. The molecule has 5 nitrogen and oxygen atoms in total. The second-order valence-corrected chi connectivity index (χ2v) is 6.20. The lowest BCUT2D eigenvalue weighted by Gasteiger charge is -2.10. The Labute approximate surface area is 160 Å². The highest BCUT2D eigenvalue weighted by Gasteiger charge is 2.11. The zero-order valence-electron chi connectivity index (χ0n) is 13.5. The van der Waals surface area contributed by atoms with E-state index in [1.807, 2.05) is 0 Å².